The van der Waals surface area contributed by atoms with E-state index in [4.69, 9.17) is 21.5 Å². The first-order valence-corrected chi connectivity index (χ1v) is 9.23. The van der Waals surface area contributed by atoms with Gasteiger partial charge in [-0.2, -0.15) is 15.8 Å². The lowest BCUT2D eigenvalue weighted by Gasteiger charge is -2.30. The zero-order valence-corrected chi connectivity index (χ0v) is 16.6. The van der Waals surface area contributed by atoms with E-state index < -0.39 is 11.9 Å². The Morgan fingerprint density at radius 2 is 1.83 bits per heavy atom. The molecule has 0 bridgehead atoms. The molecule has 1 aromatic carbocycles. The Bertz CT molecular complexity index is 976. The van der Waals surface area contributed by atoms with Gasteiger partial charge in [0, 0.05) is 5.69 Å². The molecule has 6 nitrogen and oxygen atoms in total. The van der Waals surface area contributed by atoms with Gasteiger partial charge in [0.15, 0.2) is 0 Å². The molecule has 0 radical (unpaired) electrons. The van der Waals surface area contributed by atoms with Crippen molar-refractivity contribution in [2.45, 2.75) is 39.2 Å². The number of carbonyl (C=O) groups is 1. The summed E-state index contributed by atoms with van der Waals surface area (Å²) in [6, 6.07) is 12.2. The van der Waals surface area contributed by atoms with Crippen LogP contribution in [0.1, 0.15) is 38.7 Å². The molecule has 29 heavy (non-hydrogen) atoms. The summed E-state index contributed by atoms with van der Waals surface area (Å²) in [7, 11) is 0. The van der Waals surface area contributed by atoms with Gasteiger partial charge in [-0.3, -0.25) is 4.79 Å². The van der Waals surface area contributed by atoms with E-state index in [1.54, 1.807) is 12.1 Å². The van der Waals surface area contributed by atoms with E-state index in [2.05, 4.69) is 19.2 Å². The van der Waals surface area contributed by atoms with Crippen LogP contribution >= 0.6 is 0 Å². The topological polar surface area (TPSA) is 126 Å². The Morgan fingerprint density at radius 1 is 1.17 bits per heavy atom. The Balaban J connectivity index is 2.14. The van der Waals surface area contributed by atoms with E-state index >= 15 is 0 Å². The molecule has 1 aliphatic rings. The van der Waals surface area contributed by atoms with Gasteiger partial charge < -0.3 is 11.1 Å². The average Bonchev–Trinajstić information content (AvgIpc) is 2.67. The quantitative estimate of drug-likeness (QED) is 0.742. The van der Waals surface area contributed by atoms with Gasteiger partial charge >= 0.3 is 0 Å². The minimum atomic E-state index is -0.852. The highest BCUT2D eigenvalue weighted by Gasteiger charge is 2.26. The highest BCUT2D eigenvalue weighted by atomic mass is 16.2. The van der Waals surface area contributed by atoms with Crippen LogP contribution in [-0.4, -0.2) is 11.9 Å². The van der Waals surface area contributed by atoms with Crippen molar-refractivity contribution in [3.8, 4) is 18.2 Å². The summed E-state index contributed by atoms with van der Waals surface area (Å²) >= 11 is 0. The van der Waals surface area contributed by atoms with Gasteiger partial charge in [-0.15, -0.1) is 0 Å². The van der Waals surface area contributed by atoms with E-state index in [1.807, 2.05) is 48.6 Å². The van der Waals surface area contributed by atoms with Gasteiger partial charge in [0.2, 0.25) is 5.91 Å². The van der Waals surface area contributed by atoms with Crippen molar-refractivity contribution in [2.24, 2.45) is 11.1 Å². The van der Waals surface area contributed by atoms with Crippen LogP contribution in [0.15, 0.2) is 53.1 Å². The molecule has 0 heterocycles. The fourth-order valence-electron chi connectivity index (χ4n) is 3.20. The highest BCUT2D eigenvalue weighted by Crippen LogP contribution is 2.39. The Morgan fingerprint density at radius 3 is 2.41 bits per heavy atom. The molecule has 0 unspecified atom stereocenters. The average molecular weight is 385 g/mol. The standard InChI is InChI=1S/C23H23N5O/c1-23(2)12-17(11-18(13-23)19(14-25)15-26)4-3-16-5-7-20(8-6-16)28-22(29)21(27)9-10-24/h3-8,11,21H,9,12-13,27H2,1-2H3,(H,28,29)/b4-3+/t21-/m0/s1. The summed E-state index contributed by atoms with van der Waals surface area (Å²) < 4.78 is 0. The monoisotopic (exact) mass is 385 g/mol. The first-order chi connectivity index (χ1) is 13.8. The number of nitriles is 3. The largest absolute Gasteiger partial charge is 0.325 e. The molecule has 146 valence electrons. The second kappa shape index (κ2) is 9.51. The number of amides is 1. The number of hydrogen-bond acceptors (Lipinski definition) is 5. The maximum absolute atomic E-state index is 11.9. The summed E-state index contributed by atoms with van der Waals surface area (Å²) in [5, 5.41) is 29.6. The molecule has 0 aliphatic heterocycles. The maximum atomic E-state index is 11.9. The molecule has 1 atom stereocenters. The van der Waals surface area contributed by atoms with Gasteiger partial charge in [0.25, 0.3) is 0 Å². The SMILES string of the molecule is CC1(C)CC(/C=C/c2ccc(NC(=O)[C@@H](N)CC#N)cc2)=CC(=C(C#N)C#N)C1. The second-order valence-electron chi connectivity index (χ2n) is 7.77. The molecular weight excluding hydrogens is 362 g/mol. The predicted octanol–water partition coefficient (Wildman–Crippen LogP) is 3.97. The number of anilines is 1. The third-order valence-corrected chi connectivity index (χ3v) is 4.57. The van der Waals surface area contributed by atoms with E-state index in [0.717, 1.165) is 23.1 Å². The normalized spacial score (nSPS) is 16.1. The first-order valence-electron chi connectivity index (χ1n) is 9.23. The molecule has 1 aromatic rings. The number of benzene rings is 1. The van der Waals surface area contributed by atoms with Gasteiger partial charge in [-0.05, 0) is 47.1 Å². The van der Waals surface area contributed by atoms with E-state index in [9.17, 15) is 4.79 Å². The first kappa shape index (κ1) is 21.6. The molecule has 0 saturated carbocycles. The molecule has 1 aliphatic carbocycles. The molecule has 2 rings (SSSR count). The molecule has 3 N–H and O–H groups in total. The van der Waals surface area contributed by atoms with E-state index in [1.165, 1.54) is 0 Å². The van der Waals surface area contributed by atoms with Crippen LogP contribution in [0.5, 0.6) is 0 Å². The van der Waals surface area contributed by atoms with Gasteiger partial charge in [0.1, 0.15) is 17.7 Å². The molecular formula is C23H23N5O. The molecule has 0 fully saturated rings. The molecule has 0 spiro atoms. The fourth-order valence-corrected chi connectivity index (χ4v) is 3.20. The minimum absolute atomic E-state index is 0.0287. The van der Waals surface area contributed by atoms with E-state index in [0.29, 0.717) is 12.1 Å². The van der Waals surface area contributed by atoms with Crippen LogP contribution in [0.3, 0.4) is 0 Å². The van der Waals surface area contributed by atoms with Crippen LogP contribution in [0.25, 0.3) is 6.08 Å². The molecule has 0 aromatic heterocycles. The van der Waals surface area contributed by atoms with Crippen LogP contribution in [0.4, 0.5) is 5.69 Å². The number of nitrogens with one attached hydrogen (secondary N) is 1. The lowest BCUT2D eigenvalue weighted by Crippen LogP contribution is -2.35. The zero-order chi connectivity index (χ0) is 21.4. The number of nitrogens with zero attached hydrogens (tertiary/aromatic N) is 3. The second-order valence-corrected chi connectivity index (χ2v) is 7.77. The van der Waals surface area contributed by atoms with Crippen LogP contribution in [0.2, 0.25) is 0 Å². The summed E-state index contributed by atoms with van der Waals surface area (Å²) in [6.45, 7) is 4.24. The van der Waals surface area contributed by atoms with Crippen molar-refractivity contribution in [3.05, 3.63) is 58.7 Å². The Hall–Kier alpha value is -3.66. The number of nitrogens with two attached hydrogens (primary N) is 1. The van der Waals surface area contributed by atoms with Gasteiger partial charge in [-0.1, -0.05) is 44.2 Å². The Labute approximate surface area is 171 Å². The fraction of sp³-hybridized carbons (Fsp3) is 0.304. The lowest BCUT2D eigenvalue weighted by atomic mass is 9.74. The number of hydrogen-bond donors (Lipinski definition) is 2. The minimum Gasteiger partial charge on any atom is -0.325 e. The van der Waals surface area contributed by atoms with Crippen molar-refractivity contribution < 1.29 is 4.79 Å². The highest BCUT2D eigenvalue weighted by molar-refractivity contribution is 5.94. The Kier molecular flexibility index (Phi) is 7.10. The molecule has 6 heteroatoms. The van der Waals surface area contributed by atoms with Gasteiger partial charge in [-0.25, -0.2) is 0 Å². The summed E-state index contributed by atoms with van der Waals surface area (Å²) in [5.41, 5.74) is 9.13. The van der Waals surface area contributed by atoms with Crippen molar-refractivity contribution in [3.63, 3.8) is 0 Å². The zero-order valence-electron chi connectivity index (χ0n) is 16.6. The van der Waals surface area contributed by atoms with E-state index in [-0.39, 0.29) is 17.4 Å². The lowest BCUT2D eigenvalue weighted by molar-refractivity contribution is -0.117. The number of carbonyl (C=O) groups excluding carboxylic acids is 1. The molecule has 1 amide bonds. The smallest absolute Gasteiger partial charge is 0.242 e. The summed E-state index contributed by atoms with van der Waals surface area (Å²) in [4.78, 5) is 11.9. The third-order valence-electron chi connectivity index (χ3n) is 4.57. The van der Waals surface area contributed by atoms with Crippen LogP contribution in [-0.2, 0) is 4.79 Å². The number of allylic oxidation sites excluding steroid dienone is 5. The predicted molar refractivity (Wildman–Crippen MR) is 112 cm³/mol. The summed E-state index contributed by atoms with van der Waals surface area (Å²) in [5.74, 6) is -0.394. The molecule has 0 saturated heterocycles. The third kappa shape index (κ3) is 6.18. The van der Waals surface area contributed by atoms with Crippen molar-refractivity contribution >= 4 is 17.7 Å². The number of rotatable bonds is 5. The van der Waals surface area contributed by atoms with Crippen LogP contribution < -0.4 is 11.1 Å². The van der Waals surface area contributed by atoms with Crippen molar-refractivity contribution in [2.75, 3.05) is 5.32 Å². The maximum Gasteiger partial charge on any atom is 0.242 e. The summed E-state index contributed by atoms with van der Waals surface area (Å²) in [6.07, 6.45) is 7.38. The van der Waals surface area contributed by atoms with Crippen LogP contribution in [0, 0.1) is 39.4 Å². The van der Waals surface area contributed by atoms with Crippen molar-refractivity contribution in [1.82, 2.24) is 0 Å². The van der Waals surface area contributed by atoms with Gasteiger partial charge in [0.05, 0.1) is 18.5 Å². The van der Waals surface area contributed by atoms with Crippen molar-refractivity contribution in [1.29, 1.82) is 15.8 Å².